The molecule has 2 heterocycles. The number of nitrogens with zero attached hydrogens (tertiary/aromatic N) is 1. The van der Waals surface area contributed by atoms with E-state index in [2.05, 4.69) is 5.32 Å². The molecule has 2 aliphatic heterocycles. The highest BCUT2D eigenvalue weighted by Crippen LogP contribution is 2.31. The second kappa shape index (κ2) is 6.66. The minimum atomic E-state index is -3.50. The number of sulfonamides is 1. The first-order valence-corrected chi connectivity index (χ1v) is 9.44. The van der Waals surface area contributed by atoms with Gasteiger partial charge in [-0.15, -0.1) is 0 Å². The molecule has 5 nitrogen and oxygen atoms in total. The van der Waals surface area contributed by atoms with Gasteiger partial charge < -0.3 is 10.1 Å². The van der Waals surface area contributed by atoms with Gasteiger partial charge in [0, 0.05) is 6.04 Å². The summed E-state index contributed by atoms with van der Waals surface area (Å²) in [4.78, 5) is 0.350. The quantitative estimate of drug-likeness (QED) is 0.918. The van der Waals surface area contributed by atoms with Gasteiger partial charge in [-0.3, -0.25) is 0 Å². The smallest absolute Gasteiger partial charge is 0.245 e. The third-order valence-corrected chi connectivity index (χ3v) is 6.58. The van der Waals surface area contributed by atoms with E-state index in [9.17, 15) is 8.42 Å². The molecule has 0 saturated carbocycles. The van der Waals surface area contributed by atoms with E-state index in [1.807, 2.05) is 13.0 Å². The van der Waals surface area contributed by atoms with Crippen molar-refractivity contribution >= 4 is 10.0 Å². The lowest BCUT2D eigenvalue weighted by Gasteiger charge is -2.30. The maximum atomic E-state index is 12.9. The van der Waals surface area contributed by atoms with Crippen LogP contribution in [0.15, 0.2) is 35.2 Å². The lowest BCUT2D eigenvalue weighted by molar-refractivity contribution is 0.0427. The van der Waals surface area contributed by atoms with Crippen molar-refractivity contribution in [3.8, 4) is 0 Å². The molecule has 22 heavy (non-hydrogen) atoms. The van der Waals surface area contributed by atoms with E-state index in [1.54, 1.807) is 28.6 Å². The molecule has 6 heteroatoms. The fourth-order valence-corrected chi connectivity index (χ4v) is 5.10. The third-order valence-electron chi connectivity index (χ3n) is 4.56. The van der Waals surface area contributed by atoms with Crippen LogP contribution in [0.3, 0.4) is 0 Å². The van der Waals surface area contributed by atoms with Gasteiger partial charge in [0.25, 0.3) is 0 Å². The summed E-state index contributed by atoms with van der Waals surface area (Å²) >= 11 is 0. The van der Waals surface area contributed by atoms with Crippen LogP contribution in [0.5, 0.6) is 0 Å². The third kappa shape index (κ3) is 3.20. The summed E-state index contributed by atoms with van der Waals surface area (Å²) in [5.74, 6) is 0.532. The van der Waals surface area contributed by atoms with Gasteiger partial charge in [0.05, 0.1) is 11.5 Å². The first kappa shape index (κ1) is 15.9. The number of nitrogens with one attached hydrogen (secondary N) is 1. The van der Waals surface area contributed by atoms with Crippen LogP contribution in [0, 0.1) is 5.92 Å². The van der Waals surface area contributed by atoms with Crippen LogP contribution in [0.4, 0.5) is 0 Å². The van der Waals surface area contributed by atoms with Gasteiger partial charge >= 0.3 is 0 Å². The summed E-state index contributed by atoms with van der Waals surface area (Å²) < 4.78 is 33.2. The average Bonchev–Trinajstić information content (AvgIpc) is 2.90. The number of hydrogen-bond acceptors (Lipinski definition) is 4. The normalized spacial score (nSPS) is 28.0. The van der Waals surface area contributed by atoms with E-state index in [0.717, 1.165) is 32.4 Å². The van der Waals surface area contributed by atoms with Crippen LogP contribution in [0.1, 0.15) is 26.2 Å². The lowest BCUT2D eigenvalue weighted by atomic mass is 9.94. The van der Waals surface area contributed by atoms with Crippen molar-refractivity contribution in [1.29, 1.82) is 0 Å². The van der Waals surface area contributed by atoms with Crippen LogP contribution >= 0.6 is 0 Å². The van der Waals surface area contributed by atoms with Crippen molar-refractivity contribution in [2.45, 2.75) is 43.4 Å². The van der Waals surface area contributed by atoms with Crippen molar-refractivity contribution in [3.63, 3.8) is 0 Å². The second-order valence-electron chi connectivity index (χ2n) is 6.21. The van der Waals surface area contributed by atoms with E-state index in [1.165, 1.54) is 0 Å². The van der Waals surface area contributed by atoms with Gasteiger partial charge in [0.1, 0.15) is 6.23 Å². The predicted octanol–water partition coefficient (Wildman–Crippen LogP) is 1.81. The molecule has 0 bridgehead atoms. The molecule has 3 rings (SSSR count). The molecule has 0 aromatic heterocycles. The molecular formula is C16H24N2O3S. The summed E-state index contributed by atoms with van der Waals surface area (Å²) in [7, 11) is -3.50. The van der Waals surface area contributed by atoms with Gasteiger partial charge in [0.2, 0.25) is 10.0 Å². The SMILES string of the molecule is C[C@@H]1CO[C@@H](CC2CCNCC2)N1S(=O)(=O)c1ccccc1. The highest BCUT2D eigenvalue weighted by atomic mass is 32.2. The molecule has 122 valence electrons. The van der Waals surface area contributed by atoms with E-state index in [4.69, 9.17) is 4.74 Å². The summed E-state index contributed by atoms with van der Waals surface area (Å²) in [6.45, 7) is 4.42. The molecule has 0 amide bonds. The zero-order chi connectivity index (χ0) is 15.6. The summed E-state index contributed by atoms with van der Waals surface area (Å²) in [6.07, 6.45) is 2.64. The maximum absolute atomic E-state index is 12.9. The number of ether oxygens (including phenoxy) is 1. The molecule has 0 radical (unpaired) electrons. The summed E-state index contributed by atoms with van der Waals surface area (Å²) in [5, 5.41) is 3.34. The first-order valence-electron chi connectivity index (χ1n) is 8.00. The monoisotopic (exact) mass is 324 g/mol. The van der Waals surface area contributed by atoms with Gasteiger partial charge in [-0.25, -0.2) is 8.42 Å². The topological polar surface area (TPSA) is 58.6 Å². The van der Waals surface area contributed by atoms with E-state index >= 15 is 0 Å². The number of rotatable bonds is 4. The van der Waals surface area contributed by atoms with Crippen LogP contribution in [-0.4, -0.2) is 44.7 Å². The van der Waals surface area contributed by atoms with Crippen LogP contribution in [0.25, 0.3) is 0 Å². The van der Waals surface area contributed by atoms with Gasteiger partial charge in [-0.2, -0.15) is 4.31 Å². The molecule has 0 spiro atoms. The zero-order valence-corrected chi connectivity index (χ0v) is 13.8. The van der Waals surface area contributed by atoms with Crippen molar-refractivity contribution < 1.29 is 13.2 Å². The van der Waals surface area contributed by atoms with Crippen LogP contribution in [0.2, 0.25) is 0 Å². The Balaban J connectivity index is 1.80. The fraction of sp³-hybridized carbons (Fsp3) is 0.625. The largest absolute Gasteiger partial charge is 0.360 e. The molecule has 2 saturated heterocycles. The molecule has 1 aromatic rings. The van der Waals surface area contributed by atoms with Crippen molar-refractivity contribution in [2.75, 3.05) is 19.7 Å². The van der Waals surface area contributed by atoms with E-state index in [0.29, 0.717) is 17.4 Å². The van der Waals surface area contributed by atoms with Crippen molar-refractivity contribution in [1.82, 2.24) is 9.62 Å². The average molecular weight is 324 g/mol. The van der Waals surface area contributed by atoms with Gasteiger partial charge in [-0.1, -0.05) is 18.2 Å². The Morgan fingerprint density at radius 3 is 2.59 bits per heavy atom. The summed E-state index contributed by atoms with van der Waals surface area (Å²) in [6, 6.07) is 8.54. The highest BCUT2D eigenvalue weighted by molar-refractivity contribution is 7.89. The Morgan fingerprint density at radius 1 is 1.23 bits per heavy atom. The first-order chi connectivity index (χ1) is 10.6. The van der Waals surface area contributed by atoms with Crippen LogP contribution in [-0.2, 0) is 14.8 Å². The van der Waals surface area contributed by atoms with Crippen molar-refractivity contribution in [3.05, 3.63) is 30.3 Å². The Hall–Kier alpha value is -0.950. The van der Waals surface area contributed by atoms with Gasteiger partial charge in [0.15, 0.2) is 0 Å². The molecule has 1 N–H and O–H groups in total. The van der Waals surface area contributed by atoms with Gasteiger partial charge in [-0.05, 0) is 57.3 Å². The molecule has 0 aliphatic carbocycles. The second-order valence-corrected chi connectivity index (χ2v) is 8.06. The molecule has 2 fully saturated rings. The molecule has 2 atom stereocenters. The van der Waals surface area contributed by atoms with E-state index in [-0.39, 0.29) is 12.3 Å². The lowest BCUT2D eigenvalue weighted by Crippen LogP contribution is -2.42. The Kier molecular flexibility index (Phi) is 4.82. The molecule has 1 aromatic carbocycles. The summed E-state index contributed by atoms with van der Waals surface area (Å²) in [5.41, 5.74) is 0. The minimum absolute atomic E-state index is 0.114. The highest BCUT2D eigenvalue weighted by Gasteiger charge is 2.41. The standard InChI is InChI=1S/C16H24N2O3S/c1-13-12-21-16(11-14-7-9-17-10-8-14)18(13)22(19,20)15-5-3-2-4-6-15/h2-6,13-14,16-17H,7-12H2,1H3/t13-,16+/m1/s1. The number of benzene rings is 1. The van der Waals surface area contributed by atoms with Crippen LogP contribution < -0.4 is 5.32 Å². The Bertz CT molecular complexity index is 585. The van der Waals surface area contributed by atoms with E-state index < -0.39 is 10.0 Å². The maximum Gasteiger partial charge on any atom is 0.245 e. The number of piperidine rings is 1. The zero-order valence-electron chi connectivity index (χ0n) is 12.9. The molecular weight excluding hydrogens is 300 g/mol. The minimum Gasteiger partial charge on any atom is -0.360 e. The molecule has 0 unspecified atom stereocenters. The Morgan fingerprint density at radius 2 is 1.91 bits per heavy atom. The number of hydrogen-bond donors (Lipinski definition) is 1. The predicted molar refractivity (Wildman–Crippen MR) is 84.9 cm³/mol. The fourth-order valence-electron chi connectivity index (χ4n) is 3.36. The molecule has 2 aliphatic rings. The Labute approximate surface area is 132 Å². The van der Waals surface area contributed by atoms with Crippen molar-refractivity contribution in [2.24, 2.45) is 5.92 Å².